The number of halogens is 1. The Morgan fingerprint density at radius 1 is 1.12 bits per heavy atom. The van der Waals surface area contributed by atoms with Gasteiger partial charge in [0.15, 0.2) is 0 Å². The summed E-state index contributed by atoms with van der Waals surface area (Å²) < 4.78 is 13.3. The Hall–Kier alpha value is -1.75. The number of hydrogen-bond acceptors (Lipinski definition) is 3. The average molecular weight is 330 g/mol. The van der Waals surface area contributed by atoms with Crippen molar-refractivity contribution in [3.8, 4) is 0 Å². The highest BCUT2D eigenvalue weighted by Gasteiger charge is 2.55. The number of rotatable bonds is 3. The lowest BCUT2D eigenvalue weighted by atomic mass is 9.75. The summed E-state index contributed by atoms with van der Waals surface area (Å²) in [5.41, 5.74) is 1.07. The van der Waals surface area contributed by atoms with Gasteiger partial charge in [0, 0.05) is 24.9 Å². The molecule has 128 valence electrons. The second kappa shape index (κ2) is 5.96. The number of carbonyl (C=O) groups is 2. The van der Waals surface area contributed by atoms with Crippen LogP contribution in [0.15, 0.2) is 24.3 Å². The van der Waals surface area contributed by atoms with E-state index >= 15 is 0 Å². The van der Waals surface area contributed by atoms with Crippen LogP contribution in [0.2, 0.25) is 0 Å². The maximum absolute atomic E-state index is 13.3. The zero-order chi connectivity index (χ0) is 16.8. The molecular formula is C19H23FN2O2. The fourth-order valence-electron chi connectivity index (χ4n) is 4.97. The number of ketones is 1. The highest BCUT2D eigenvalue weighted by atomic mass is 19.1. The van der Waals surface area contributed by atoms with Gasteiger partial charge in [0.25, 0.3) is 5.91 Å². The van der Waals surface area contributed by atoms with Gasteiger partial charge in [-0.2, -0.15) is 0 Å². The van der Waals surface area contributed by atoms with Crippen molar-refractivity contribution in [1.29, 1.82) is 0 Å². The highest BCUT2D eigenvalue weighted by Crippen LogP contribution is 2.46. The van der Waals surface area contributed by atoms with Gasteiger partial charge in [-0.3, -0.25) is 14.5 Å². The summed E-state index contributed by atoms with van der Waals surface area (Å²) in [6, 6.07) is 7.03. The Balaban J connectivity index is 1.69. The van der Waals surface area contributed by atoms with Gasteiger partial charge >= 0.3 is 0 Å². The number of likely N-dealkylation sites (tertiary alicyclic amines) is 1. The number of hydrogen-bond donors (Lipinski definition) is 0. The lowest BCUT2D eigenvalue weighted by Crippen LogP contribution is -2.61. The van der Waals surface area contributed by atoms with E-state index in [2.05, 4.69) is 4.90 Å². The van der Waals surface area contributed by atoms with Gasteiger partial charge in [-0.05, 0) is 49.5 Å². The smallest absolute Gasteiger partial charge is 0.290 e. The van der Waals surface area contributed by atoms with Gasteiger partial charge in [-0.1, -0.05) is 19.1 Å². The molecule has 0 aliphatic carbocycles. The fraction of sp³-hybridized carbons (Fsp3) is 0.579. The molecule has 0 saturated carbocycles. The van der Waals surface area contributed by atoms with Gasteiger partial charge < -0.3 is 4.90 Å². The monoisotopic (exact) mass is 330 g/mol. The van der Waals surface area contributed by atoms with E-state index in [0.29, 0.717) is 12.5 Å². The van der Waals surface area contributed by atoms with E-state index < -0.39 is 0 Å². The molecule has 0 unspecified atom stereocenters. The number of Topliss-reactive ketones (excluding diaryl/α,β-unsaturated/α-hetero) is 1. The maximum Gasteiger partial charge on any atom is 0.290 e. The standard InChI is InChI=1S/C19H23FN2O2/c1-2-16(23)19(24)22-11-15(12-3-5-14(20)6-4-12)18-17(22)13-7-9-21(18)10-8-13/h3-6,13,15,17-18H,2,7-11H2,1H3/t15-,17+,18+/m1/s1. The molecule has 0 radical (unpaired) electrons. The molecule has 4 aliphatic heterocycles. The van der Waals surface area contributed by atoms with E-state index in [0.717, 1.165) is 31.5 Å². The first kappa shape index (κ1) is 15.8. The third kappa shape index (κ3) is 2.37. The van der Waals surface area contributed by atoms with Crippen molar-refractivity contribution >= 4 is 11.7 Å². The molecule has 4 fully saturated rings. The Bertz CT molecular complexity index is 652. The van der Waals surface area contributed by atoms with E-state index in [4.69, 9.17) is 0 Å². The Morgan fingerprint density at radius 2 is 1.79 bits per heavy atom. The quantitative estimate of drug-likeness (QED) is 0.798. The maximum atomic E-state index is 13.3. The van der Waals surface area contributed by atoms with Crippen LogP contribution in [0.4, 0.5) is 4.39 Å². The molecule has 0 spiro atoms. The molecule has 5 rings (SSSR count). The summed E-state index contributed by atoms with van der Waals surface area (Å²) >= 11 is 0. The molecule has 0 aromatic heterocycles. The van der Waals surface area contributed by atoms with Crippen LogP contribution in [0.3, 0.4) is 0 Å². The molecule has 4 nitrogen and oxygen atoms in total. The molecule has 4 aliphatic rings. The van der Waals surface area contributed by atoms with Gasteiger partial charge in [0.05, 0.1) is 6.04 Å². The molecule has 4 saturated heterocycles. The lowest BCUT2D eigenvalue weighted by molar-refractivity contribution is -0.147. The number of nitrogens with zero attached hydrogens (tertiary/aromatic N) is 2. The topological polar surface area (TPSA) is 40.6 Å². The number of benzene rings is 1. The predicted molar refractivity (Wildman–Crippen MR) is 88.0 cm³/mol. The fourth-order valence-corrected chi connectivity index (χ4v) is 4.97. The van der Waals surface area contributed by atoms with E-state index in [1.807, 2.05) is 17.0 Å². The summed E-state index contributed by atoms with van der Waals surface area (Å²) in [4.78, 5) is 29.0. The SMILES string of the molecule is CCC(=O)C(=O)N1C[C@H](c2ccc(F)cc2)[C@H]2[C@@H]1C1CCN2CC1. The normalized spacial score (nSPS) is 34.2. The molecular weight excluding hydrogens is 307 g/mol. The van der Waals surface area contributed by atoms with Gasteiger partial charge in [0.1, 0.15) is 5.82 Å². The van der Waals surface area contributed by atoms with Crippen molar-refractivity contribution in [2.45, 2.75) is 44.2 Å². The van der Waals surface area contributed by atoms with Gasteiger partial charge in [-0.15, -0.1) is 0 Å². The number of amides is 1. The molecule has 2 bridgehead atoms. The van der Waals surface area contributed by atoms with Crippen molar-refractivity contribution < 1.29 is 14.0 Å². The molecule has 0 N–H and O–H groups in total. The van der Waals surface area contributed by atoms with Crippen LogP contribution in [0.1, 0.15) is 37.7 Å². The Kier molecular flexibility index (Phi) is 3.91. The first-order chi connectivity index (χ1) is 11.6. The largest absolute Gasteiger partial charge is 0.331 e. The van der Waals surface area contributed by atoms with Crippen molar-refractivity contribution in [3.63, 3.8) is 0 Å². The van der Waals surface area contributed by atoms with Crippen LogP contribution in [-0.2, 0) is 9.59 Å². The van der Waals surface area contributed by atoms with Crippen LogP contribution in [0.25, 0.3) is 0 Å². The molecule has 1 amide bonds. The van der Waals surface area contributed by atoms with Crippen LogP contribution >= 0.6 is 0 Å². The lowest BCUT2D eigenvalue weighted by Gasteiger charge is -2.51. The van der Waals surface area contributed by atoms with Crippen molar-refractivity contribution in [3.05, 3.63) is 35.6 Å². The van der Waals surface area contributed by atoms with Crippen LogP contribution in [-0.4, -0.2) is 53.2 Å². The number of carbonyl (C=O) groups excluding carboxylic acids is 2. The zero-order valence-corrected chi connectivity index (χ0v) is 14.0. The molecule has 1 aromatic rings. The van der Waals surface area contributed by atoms with Gasteiger partial charge in [-0.25, -0.2) is 4.39 Å². The molecule has 3 atom stereocenters. The Labute approximate surface area is 141 Å². The number of piperidine rings is 3. The van der Waals surface area contributed by atoms with E-state index in [1.54, 1.807) is 6.92 Å². The van der Waals surface area contributed by atoms with E-state index in [9.17, 15) is 14.0 Å². The molecule has 5 heteroatoms. The second-order valence-electron chi connectivity index (χ2n) is 7.25. The number of fused-ring (bicyclic) bond motifs is 2. The summed E-state index contributed by atoms with van der Waals surface area (Å²) in [6.45, 7) is 4.43. The predicted octanol–water partition coefficient (Wildman–Crippen LogP) is 2.19. The minimum atomic E-state index is -0.328. The van der Waals surface area contributed by atoms with Crippen molar-refractivity contribution in [2.75, 3.05) is 19.6 Å². The van der Waals surface area contributed by atoms with Crippen molar-refractivity contribution in [2.24, 2.45) is 5.92 Å². The van der Waals surface area contributed by atoms with Crippen molar-refractivity contribution in [1.82, 2.24) is 9.80 Å². The zero-order valence-electron chi connectivity index (χ0n) is 14.0. The highest BCUT2D eigenvalue weighted by molar-refractivity contribution is 6.36. The Morgan fingerprint density at radius 3 is 2.42 bits per heavy atom. The minimum Gasteiger partial charge on any atom is -0.331 e. The third-order valence-corrected chi connectivity index (χ3v) is 6.11. The summed E-state index contributed by atoms with van der Waals surface area (Å²) in [5, 5.41) is 0. The molecule has 1 aromatic carbocycles. The third-order valence-electron chi connectivity index (χ3n) is 6.11. The first-order valence-corrected chi connectivity index (χ1v) is 8.93. The van der Waals surface area contributed by atoms with Gasteiger partial charge in [0.2, 0.25) is 5.78 Å². The van der Waals surface area contributed by atoms with Crippen LogP contribution in [0.5, 0.6) is 0 Å². The first-order valence-electron chi connectivity index (χ1n) is 8.93. The van der Waals surface area contributed by atoms with E-state index in [-0.39, 0.29) is 41.9 Å². The summed E-state index contributed by atoms with van der Waals surface area (Å²) in [6.07, 6.45) is 2.45. The van der Waals surface area contributed by atoms with Crippen LogP contribution in [0, 0.1) is 11.7 Å². The summed E-state index contributed by atoms with van der Waals surface area (Å²) in [7, 11) is 0. The minimum absolute atomic E-state index is 0.130. The van der Waals surface area contributed by atoms with E-state index in [1.165, 1.54) is 12.1 Å². The average Bonchev–Trinajstić information content (AvgIpc) is 3.05. The summed E-state index contributed by atoms with van der Waals surface area (Å²) in [5.74, 6) is -0.227. The second-order valence-corrected chi connectivity index (χ2v) is 7.25. The van der Waals surface area contributed by atoms with Crippen LogP contribution < -0.4 is 0 Å². The molecule has 24 heavy (non-hydrogen) atoms. The molecule has 4 heterocycles.